The van der Waals surface area contributed by atoms with E-state index in [9.17, 15) is 4.79 Å². The van der Waals surface area contributed by atoms with E-state index in [1.807, 2.05) is 13.8 Å². The minimum absolute atomic E-state index is 0.104. The molecule has 0 aromatic carbocycles. The maximum atomic E-state index is 12.2. The van der Waals surface area contributed by atoms with E-state index in [2.05, 4.69) is 24.2 Å². The highest BCUT2D eigenvalue weighted by Gasteiger charge is 2.33. The molecule has 1 atom stereocenters. The summed E-state index contributed by atoms with van der Waals surface area (Å²) in [5.74, 6) is 0.104. The van der Waals surface area contributed by atoms with Gasteiger partial charge in [0.15, 0.2) is 0 Å². The second kappa shape index (κ2) is 6.02. The fourth-order valence-electron chi connectivity index (χ4n) is 2.24. The predicted molar refractivity (Wildman–Crippen MR) is 75.3 cm³/mol. The standard InChI is InChI=1S/C14H29N3O/c1-5-14(3,10-15)12(18)16-11-13(2)6-8-17(4)9-7-13/h5-11,15H2,1-4H3,(H,16,18). The molecule has 1 rings (SSSR count). The van der Waals surface area contributed by atoms with Crippen molar-refractivity contribution < 1.29 is 4.79 Å². The lowest BCUT2D eigenvalue weighted by Gasteiger charge is -2.38. The van der Waals surface area contributed by atoms with Crippen LogP contribution in [-0.4, -0.2) is 44.0 Å². The lowest BCUT2D eigenvalue weighted by molar-refractivity contribution is -0.130. The Hall–Kier alpha value is -0.610. The molecule has 0 spiro atoms. The Morgan fingerprint density at radius 3 is 2.44 bits per heavy atom. The Labute approximate surface area is 111 Å². The maximum absolute atomic E-state index is 12.2. The molecule has 0 radical (unpaired) electrons. The largest absolute Gasteiger partial charge is 0.355 e. The van der Waals surface area contributed by atoms with Crippen LogP contribution in [-0.2, 0) is 4.79 Å². The molecule has 0 bridgehead atoms. The fraction of sp³-hybridized carbons (Fsp3) is 0.929. The number of piperidine rings is 1. The van der Waals surface area contributed by atoms with Gasteiger partial charge in [-0.05, 0) is 51.7 Å². The van der Waals surface area contributed by atoms with Gasteiger partial charge in [-0.15, -0.1) is 0 Å². The van der Waals surface area contributed by atoms with E-state index in [4.69, 9.17) is 5.73 Å². The van der Waals surface area contributed by atoms with E-state index in [1.165, 1.54) is 0 Å². The lowest BCUT2D eigenvalue weighted by atomic mass is 9.79. The highest BCUT2D eigenvalue weighted by Crippen LogP contribution is 2.30. The van der Waals surface area contributed by atoms with E-state index >= 15 is 0 Å². The fourth-order valence-corrected chi connectivity index (χ4v) is 2.24. The number of hydrogen-bond acceptors (Lipinski definition) is 3. The van der Waals surface area contributed by atoms with Gasteiger partial charge in [-0.2, -0.15) is 0 Å². The van der Waals surface area contributed by atoms with Crippen LogP contribution < -0.4 is 11.1 Å². The van der Waals surface area contributed by atoms with Gasteiger partial charge < -0.3 is 16.0 Å². The van der Waals surface area contributed by atoms with Crippen LogP contribution in [0, 0.1) is 10.8 Å². The second-order valence-electron chi connectivity index (χ2n) is 6.41. The molecule has 1 heterocycles. The molecule has 106 valence electrons. The first-order valence-electron chi connectivity index (χ1n) is 7.02. The molecule has 1 saturated heterocycles. The molecule has 0 aromatic heterocycles. The number of nitrogens with zero attached hydrogens (tertiary/aromatic N) is 1. The Balaban J connectivity index is 2.47. The van der Waals surface area contributed by atoms with Gasteiger partial charge in [0.25, 0.3) is 0 Å². The summed E-state index contributed by atoms with van der Waals surface area (Å²) in [4.78, 5) is 14.5. The summed E-state index contributed by atoms with van der Waals surface area (Å²) in [5, 5.41) is 3.11. The van der Waals surface area contributed by atoms with E-state index in [0.717, 1.165) is 38.9 Å². The van der Waals surface area contributed by atoms with E-state index < -0.39 is 5.41 Å². The first kappa shape index (κ1) is 15.4. The molecule has 1 aliphatic heterocycles. The molecule has 4 nitrogen and oxygen atoms in total. The normalized spacial score (nSPS) is 23.4. The van der Waals surface area contributed by atoms with Crippen molar-refractivity contribution >= 4 is 5.91 Å². The summed E-state index contributed by atoms with van der Waals surface area (Å²) in [6.45, 7) is 9.65. The summed E-state index contributed by atoms with van der Waals surface area (Å²) >= 11 is 0. The Morgan fingerprint density at radius 1 is 1.44 bits per heavy atom. The molecule has 1 unspecified atom stereocenters. The number of amides is 1. The summed E-state index contributed by atoms with van der Waals surface area (Å²) in [7, 11) is 2.15. The first-order valence-corrected chi connectivity index (χ1v) is 7.02. The van der Waals surface area contributed by atoms with Gasteiger partial charge in [0, 0.05) is 13.1 Å². The summed E-state index contributed by atoms with van der Waals surface area (Å²) in [5.41, 5.74) is 5.54. The van der Waals surface area contributed by atoms with Gasteiger partial charge in [-0.1, -0.05) is 13.8 Å². The first-order chi connectivity index (χ1) is 8.35. The van der Waals surface area contributed by atoms with Crippen LogP contribution in [0.3, 0.4) is 0 Å². The van der Waals surface area contributed by atoms with Crippen LogP contribution in [0.5, 0.6) is 0 Å². The molecule has 0 aliphatic carbocycles. The van der Waals surface area contributed by atoms with Crippen molar-refractivity contribution in [3.63, 3.8) is 0 Å². The van der Waals surface area contributed by atoms with E-state index in [0.29, 0.717) is 6.54 Å². The molecular weight excluding hydrogens is 226 g/mol. The van der Waals surface area contributed by atoms with Gasteiger partial charge in [0.05, 0.1) is 5.41 Å². The Kier molecular flexibility index (Phi) is 5.17. The molecule has 0 aromatic rings. The number of nitrogens with two attached hydrogens (primary N) is 1. The highest BCUT2D eigenvalue weighted by atomic mass is 16.2. The zero-order valence-corrected chi connectivity index (χ0v) is 12.4. The molecule has 3 N–H and O–H groups in total. The van der Waals surface area contributed by atoms with Gasteiger partial charge in [0.2, 0.25) is 5.91 Å². The number of rotatable bonds is 5. The van der Waals surface area contributed by atoms with Crippen molar-refractivity contribution in [3.05, 3.63) is 0 Å². The summed E-state index contributed by atoms with van der Waals surface area (Å²) < 4.78 is 0. The maximum Gasteiger partial charge on any atom is 0.227 e. The zero-order valence-electron chi connectivity index (χ0n) is 12.4. The third-order valence-electron chi connectivity index (χ3n) is 4.65. The van der Waals surface area contributed by atoms with Gasteiger partial charge in [-0.25, -0.2) is 0 Å². The van der Waals surface area contributed by atoms with Crippen LogP contribution in [0.15, 0.2) is 0 Å². The van der Waals surface area contributed by atoms with Crippen molar-refractivity contribution in [2.75, 3.05) is 33.2 Å². The Bertz CT molecular complexity index is 279. The predicted octanol–water partition coefficient (Wildman–Crippen LogP) is 1.21. The summed E-state index contributed by atoms with van der Waals surface area (Å²) in [6.07, 6.45) is 3.08. The number of hydrogen-bond donors (Lipinski definition) is 2. The van der Waals surface area contributed by atoms with Gasteiger partial charge in [-0.3, -0.25) is 4.79 Å². The van der Waals surface area contributed by atoms with E-state index in [-0.39, 0.29) is 11.3 Å². The zero-order chi connectivity index (χ0) is 13.8. The van der Waals surface area contributed by atoms with Crippen molar-refractivity contribution in [2.24, 2.45) is 16.6 Å². The molecule has 1 fully saturated rings. The van der Waals surface area contributed by atoms with Crippen LogP contribution in [0.1, 0.15) is 40.0 Å². The Morgan fingerprint density at radius 2 is 2.00 bits per heavy atom. The quantitative estimate of drug-likeness (QED) is 0.776. The van der Waals surface area contributed by atoms with E-state index in [1.54, 1.807) is 0 Å². The third kappa shape index (κ3) is 3.69. The minimum Gasteiger partial charge on any atom is -0.355 e. The van der Waals surface area contributed by atoms with Crippen molar-refractivity contribution in [1.82, 2.24) is 10.2 Å². The van der Waals surface area contributed by atoms with Crippen LogP contribution in [0.25, 0.3) is 0 Å². The third-order valence-corrected chi connectivity index (χ3v) is 4.65. The van der Waals surface area contributed by atoms with Crippen LogP contribution in [0.2, 0.25) is 0 Å². The van der Waals surface area contributed by atoms with Crippen molar-refractivity contribution in [1.29, 1.82) is 0 Å². The molecule has 1 aliphatic rings. The number of carbonyl (C=O) groups is 1. The SMILES string of the molecule is CCC(C)(CN)C(=O)NCC1(C)CCN(C)CC1. The minimum atomic E-state index is -0.415. The average Bonchev–Trinajstić information content (AvgIpc) is 2.39. The molecular formula is C14H29N3O. The van der Waals surface area contributed by atoms with Gasteiger partial charge in [0.1, 0.15) is 0 Å². The van der Waals surface area contributed by atoms with Crippen LogP contribution >= 0.6 is 0 Å². The lowest BCUT2D eigenvalue weighted by Crippen LogP contribution is -2.49. The second-order valence-corrected chi connectivity index (χ2v) is 6.41. The smallest absolute Gasteiger partial charge is 0.227 e. The topological polar surface area (TPSA) is 58.4 Å². The number of carbonyl (C=O) groups excluding carboxylic acids is 1. The molecule has 4 heteroatoms. The average molecular weight is 255 g/mol. The number of likely N-dealkylation sites (tertiary alicyclic amines) is 1. The molecule has 18 heavy (non-hydrogen) atoms. The van der Waals surface area contributed by atoms with Crippen molar-refractivity contribution in [2.45, 2.75) is 40.0 Å². The molecule has 0 saturated carbocycles. The summed E-state index contributed by atoms with van der Waals surface area (Å²) in [6, 6.07) is 0. The van der Waals surface area contributed by atoms with Gasteiger partial charge >= 0.3 is 0 Å². The van der Waals surface area contributed by atoms with Crippen molar-refractivity contribution in [3.8, 4) is 0 Å². The number of nitrogens with one attached hydrogen (secondary N) is 1. The van der Waals surface area contributed by atoms with Crippen LogP contribution in [0.4, 0.5) is 0 Å². The monoisotopic (exact) mass is 255 g/mol. The highest BCUT2D eigenvalue weighted by molar-refractivity contribution is 5.82. The molecule has 1 amide bonds.